The third-order valence-electron chi connectivity index (χ3n) is 6.71. The molecule has 6 nitrogen and oxygen atoms in total. The Kier molecular flexibility index (Phi) is 7.86. The number of hydrogen-bond donors (Lipinski definition) is 2. The number of amides is 1. The Bertz CT molecular complexity index is 968. The molecule has 0 radical (unpaired) electrons. The second-order valence-electron chi connectivity index (χ2n) is 11.6. The normalized spacial score (nSPS) is 24.6. The summed E-state index contributed by atoms with van der Waals surface area (Å²) in [6.07, 6.45) is 6.16. The SMILES string of the molecule is CC(C)(C)C#Cc1cc(N2C(=O)[C@](C)(CCC(C)(C)O)OC[C@H]2C2CCCCC2)c(C(=O)O)s1. The lowest BCUT2D eigenvalue weighted by Crippen LogP contribution is -2.62. The largest absolute Gasteiger partial charge is 0.477 e. The Morgan fingerprint density at radius 3 is 2.44 bits per heavy atom. The average molecular weight is 490 g/mol. The fraction of sp³-hybridized carbons (Fsp3) is 0.704. The van der Waals surface area contributed by atoms with Gasteiger partial charge < -0.3 is 19.8 Å². The third-order valence-corrected chi connectivity index (χ3v) is 7.74. The number of morpholine rings is 1. The second-order valence-corrected chi connectivity index (χ2v) is 12.7. The molecule has 3 rings (SSSR count). The summed E-state index contributed by atoms with van der Waals surface area (Å²) in [5.74, 6) is 5.27. The minimum absolute atomic E-state index is 0.138. The van der Waals surface area contributed by atoms with E-state index in [1.54, 1.807) is 31.7 Å². The fourth-order valence-corrected chi connectivity index (χ4v) is 5.55. The predicted octanol–water partition coefficient (Wildman–Crippen LogP) is 5.47. The summed E-state index contributed by atoms with van der Waals surface area (Å²) in [6.45, 7) is 11.6. The number of carboxylic acids is 1. The van der Waals surface area contributed by atoms with Crippen LogP contribution in [0.4, 0.5) is 5.69 Å². The van der Waals surface area contributed by atoms with Crippen LogP contribution in [0.1, 0.15) is 101 Å². The van der Waals surface area contributed by atoms with Gasteiger partial charge in [-0.15, -0.1) is 11.3 Å². The van der Waals surface area contributed by atoms with Crippen molar-refractivity contribution in [3.8, 4) is 11.8 Å². The molecule has 0 unspecified atom stereocenters. The first-order chi connectivity index (χ1) is 15.7. The van der Waals surface area contributed by atoms with E-state index in [1.165, 1.54) is 6.42 Å². The number of nitrogens with zero attached hydrogens (tertiary/aromatic N) is 1. The number of aromatic carboxylic acids is 1. The molecule has 2 heterocycles. The number of ether oxygens (including phenoxy) is 1. The van der Waals surface area contributed by atoms with E-state index in [9.17, 15) is 19.8 Å². The zero-order valence-corrected chi connectivity index (χ0v) is 22.2. The van der Waals surface area contributed by atoms with Crippen molar-refractivity contribution in [1.82, 2.24) is 0 Å². The van der Waals surface area contributed by atoms with Crippen molar-refractivity contribution in [3.05, 3.63) is 15.8 Å². The summed E-state index contributed by atoms with van der Waals surface area (Å²) in [4.78, 5) is 28.8. The summed E-state index contributed by atoms with van der Waals surface area (Å²) >= 11 is 1.12. The number of aliphatic hydroxyl groups is 1. The number of hydrogen-bond acceptors (Lipinski definition) is 5. The Morgan fingerprint density at radius 1 is 1.24 bits per heavy atom. The van der Waals surface area contributed by atoms with Crippen LogP contribution < -0.4 is 4.90 Å². The molecule has 1 aliphatic carbocycles. The molecule has 1 aromatic heterocycles. The molecule has 2 aliphatic rings. The molecule has 1 amide bonds. The predicted molar refractivity (Wildman–Crippen MR) is 135 cm³/mol. The van der Waals surface area contributed by atoms with Gasteiger partial charge in [-0.2, -0.15) is 0 Å². The molecule has 1 saturated carbocycles. The van der Waals surface area contributed by atoms with Gasteiger partial charge in [-0.25, -0.2) is 4.79 Å². The van der Waals surface area contributed by atoms with E-state index >= 15 is 0 Å². The van der Waals surface area contributed by atoms with Crippen molar-refractivity contribution >= 4 is 28.9 Å². The highest BCUT2D eigenvalue weighted by Gasteiger charge is 2.49. The average Bonchev–Trinajstić information content (AvgIpc) is 3.17. The molecule has 1 aliphatic heterocycles. The maximum Gasteiger partial charge on any atom is 0.348 e. The van der Waals surface area contributed by atoms with E-state index in [0.717, 1.165) is 37.0 Å². The molecule has 2 fully saturated rings. The van der Waals surface area contributed by atoms with Gasteiger partial charge in [0.25, 0.3) is 5.91 Å². The van der Waals surface area contributed by atoms with Crippen LogP contribution in [0, 0.1) is 23.2 Å². The van der Waals surface area contributed by atoms with Crippen LogP contribution in [-0.2, 0) is 9.53 Å². The number of rotatable bonds is 6. The van der Waals surface area contributed by atoms with Gasteiger partial charge in [0.15, 0.2) is 0 Å². The molecule has 2 N–H and O–H groups in total. The smallest absolute Gasteiger partial charge is 0.348 e. The number of thiophene rings is 1. The molecule has 0 bridgehead atoms. The molecule has 2 atom stereocenters. The van der Waals surface area contributed by atoms with Crippen LogP contribution >= 0.6 is 11.3 Å². The van der Waals surface area contributed by atoms with Crippen LogP contribution in [-0.4, -0.2) is 45.9 Å². The summed E-state index contributed by atoms with van der Waals surface area (Å²) in [7, 11) is 0. The first-order valence-electron chi connectivity index (χ1n) is 12.3. The van der Waals surface area contributed by atoms with E-state index in [4.69, 9.17) is 4.74 Å². The lowest BCUT2D eigenvalue weighted by molar-refractivity contribution is -0.155. The minimum Gasteiger partial charge on any atom is -0.477 e. The van der Waals surface area contributed by atoms with Crippen molar-refractivity contribution < 1.29 is 24.5 Å². The van der Waals surface area contributed by atoms with Gasteiger partial charge in [0, 0.05) is 5.41 Å². The van der Waals surface area contributed by atoms with Crippen molar-refractivity contribution in [2.24, 2.45) is 11.3 Å². The molecule has 188 valence electrons. The molecule has 0 spiro atoms. The van der Waals surface area contributed by atoms with Crippen LogP contribution in [0.5, 0.6) is 0 Å². The first-order valence-corrected chi connectivity index (χ1v) is 13.1. The molecule has 7 heteroatoms. The number of anilines is 1. The molecular formula is C27H39NO5S. The van der Waals surface area contributed by atoms with Gasteiger partial charge >= 0.3 is 5.97 Å². The Morgan fingerprint density at radius 2 is 1.88 bits per heavy atom. The lowest BCUT2D eigenvalue weighted by Gasteiger charge is -2.48. The first kappa shape index (κ1) is 26.7. The second kappa shape index (κ2) is 10.0. The van der Waals surface area contributed by atoms with Crippen molar-refractivity contribution in [2.45, 2.75) is 104 Å². The van der Waals surface area contributed by atoms with Crippen molar-refractivity contribution in [2.75, 3.05) is 11.5 Å². The van der Waals surface area contributed by atoms with Crippen molar-refractivity contribution in [3.63, 3.8) is 0 Å². The van der Waals surface area contributed by atoms with Crippen LogP contribution in [0.15, 0.2) is 6.07 Å². The Balaban J connectivity index is 2.06. The van der Waals surface area contributed by atoms with E-state index in [1.807, 2.05) is 20.8 Å². The highest BCUT2D eigenvalue weighted by molar-refractivity contribution is 7.15. The van der Waals surface area contributed by atoms with Gasteiger partial charge in [0.05, 0.1) is 28.8 Å². The van der Waals surface area contributed by atoms with Crippen LogP contribution in [0.25, 0.3) is 0 Å². The molecule has 0 aromatic carbocycles. The van der Waals surface area contributed by atoms with E-state index in [-0.39, 0.29) is 28.2 Å². The maximum atomic E-state index is 14.0. The molecule has 1 aromatic rings. The monoisotopic (exact) mass is 489 g/mol. The Labute approximate surface area is 207 Å². The summed E-state index contributed by atoms with van der Waals surface area (Å²) in [6, 6.07) is 1.56. The van der Waals surface area contributed by atoms with Crippen LogP contribution in [0.3, 0.4) is 0 Å². The maximum absolute atomic E-state index is 14.0. The number of carboxylic acid groups (broad SMARTS) is 1. The summed E-state index contributed by atoms with van der Waals surface area (Å²) < 4.78 is 6.22. The van der Waals surface area contributed by atoms with E-state index in [0.29, 0.717) is 30.0 Å². The summed E-state index contributed by atoms with van der Waals surface area (Å²) in [5, 5.41) is 20.3. The fourth-order valence-electron chi connectivity index (χ4n) is 4.71. The van der Waals surface area contributed by atoms with Gasteiger partial charge in [-0.05, 0) is 79.2 Å². The zero-order chi connectivity index (χ0) is 25.3. The lowest BCUT2D eigenvalue weighted by atomic mass is 9.81. The highest BCUT2D eigenvalue weighted by atomic mass is 32.1. The highest BCUT2D eigenvalue weighted by Crippen LogP contribution is 2.42. The van der Waals surface area contributed by atoms with Gasteiger partial charge in [-0.3, -0.25) is 4.79 Å². The zero-order valence-electron chi connectivity index (χ0n) is 21.4. The number of carbonyl (C=O) groups is 2. The van der Waals surface area contributed by atoms with Crippen molar-refractivity contribution in [1.29, 1.82) is 0 Å². The molecule has 1 saturated heterocycles. The number of carbonyl (C=O) groups excluding carboxylic acids is 1. The molecule has 34 heavy (non-hydrogen) atoms. The topological polar surface area (TPSA) is 87.1 Å². The Hall–Kier alpha value is -1.88. The standard InChI is InChI=1S/C27H39NO5S/c1-25(2,3)13-12-19-16-20(22(34-19)23(29)30)28-21(18-10-8-7-9-11-18)17-33-27(6,24(28)31)15-14-26(4,5)32/h16,18,21,32H,7-11,14-15,17H2,1-6H3,(H,29,30)/t21-,27-/m0/s1. The van der Waals surface area contributed by atoms with Crippen LogP contribution in [0.2, 0.25) is 0 Å². The third kappa shape index (κ3) is 6.41. The van der Waals surface area contributed by atoms with Gasteiger partial charge in [-0.1, -0.05) is 31.1 Å². The van der Waals surface area contributed by atoms with E-state index < -0.39 is 17.2 Å². The summed E-state index contributed by atoms with van der Waals surface area (Å²) in [5.41, 5.74) is -1.85. The van der Waals surface area contributed by atoms with Gasteiger partial charge in [0.1, 0.15) is 10.5 Å². The minimum atomic E-state index is -1.12. The quantitative estimate of drug-likeness (QED) is 0.518. The molecular weight excluding hydrogens is 450 g/mol. The van der Waals surface area contributed by atoms with E-state index in [2.05, 4.69) is 11.8 Å². The van der Waals surface area contributed by atoms with Gasteiger partial charge in [0.2, 0.25) is 0 Å².